The number of primary amides is 1. The van der Waals surface area contributed by atoms with Crippen LogP contribution in [-0.2, 0) is 7.05 Å². The fourth-order valence-electron chi connectivity index (χ4n) is 3.95. The standard InChI is InChI=1S/C24H27N7O3/c1-15-20(29-31(21(15)28-24(25)34)17-9-4-3-5-10-17)16-8-6-7-11-19-18(14-16)27-22(30(19)2)23(33)26-12-13-32/h3-5,8-11,14,32H,6-7,12-13H2,1-2H3,(H,26,33)(H3,25,28,34)/b16-8?,18-14?,19-11-. The number of urea groups is 1. The summed E-state index contributed by atoms with van der Waals surface area (Å²) >= 11 is 0. The van der Waals surface area contributed by atoms with Gasteiger partial charge < -0.3 is 20.7 Å². The number of aromatic nitrogens is 4. The first-order valence-corrected chi connectivity index (χ1v) is 11.0. The van der Waals surface area contributed by atoms with Crippen molar-refractivity contribution in [2.24, 2.45) is 12.8 Å². The normalized spacial score (nSPS) is 14.0. The zero-order valence-corrected chi connectivity index (χ0v) is 19.1. The highest BCUT2D eigenvalue weighted by Crippen LogP contribution is 2.29. The molecule has 2 aromatic heterocycles. The summed E-state index contributed by atoms with van der Waals surface area (Å²) in [5, 5.41) is 20.6. The SMILES string of the molecule is Cc1c(C2=CCC/C=c3/c(nc(C(=O)NCCO)n3C)=C2)nn(-c2ccccc2)c1NC(N)=O. The number of aliphatic hydroxyl groups is 1. The van der Waals surface area contributed by atoms with Gasteiger partial charge in [-0.05, 0) is 38.0 Å². The van der Waals surface area contributed by atoms with E-state index in [0.717, 1.165) is 35.0 Å². The molecule has 1 aliphatic carbocycles. The number of para-hydroxylation sites is 1. The summed E-state index contributed by atoms with van der Waals surface area (Å²) in [4.78, 5) is 28.8. The Labute approximate surface area is 196 Å². The van der Waals surface area contributed by atoms with Gasteiger partial charge in [0.2, 0.25) is 0 Å². The van der Waals surface area contributed by atoms with E-state index in [9.17, 15) is 9.59 Å². The molecule has 0 spiro atoms. The highest BCUT2D eigenvalue weighted by atomic mass is 16.3. The van der Waals surface area contributed by atoms with E-state index in [1.165, 1.54) is 0 Å². The molecule has 10 heteroatoms. The third-order valence-electron chi connectivity index (χ3n) is 5.57. The molecule has 1 aromatic carbocycles. The predicted molar refractivity (Wildman–Crippen MR) is 130 cm³/mol. The lowest BCUT2D eigenvalue weighted by Gasteiger charge is -2.07. The van der Waals surface area contributed by atoms with Crippen molar-refractivity contribution in [1.82, 2.24) is 24.6 Å². The number of imidazole rings is 1. The van der Waals surface area contributed by atoms with Crippen LogP contribution < -0.4 is 27.1 Å². The van der Waals surface area contributed by atoms with Crippen LogP contribution >= 0.6 is 0 Å². The van der Waals surface area contributed by atoms with Crippen LogP contribution in [-0.4, -0.2) is 49.5 Å². The summed E-state index contributed by atoms with van der Waals surface area (Å²) in [5.41, 5.74) is 8.48. The third-order valence-corrected chi connectivity index (χ3v) is 5.57. The van der Waals surface area contributed by atoms with Crippen molar-refractivity contribution in [1.29, 1.82) is 0 Å². The van der Waals surface area contributed by atoms with Gasteiger partial charge in [-0.15, -0.1) is 0 Å². The number of nitrogens with one attached hydrogen (secondary N) is 2. The van der Waals surface area contributed by atoms with Crippen LogP contribution in [0.1, 0.15) is 34.7 Å². The molecule has 4 rings (SSSR count). The van der Waals surface area contributed by atoms with Gasteiger partial charge in [-0.25, -0.2) is 14.5 Å². The van der Waals surface area contributed by atoms with E-state index < -0.39 is 6.03 Å². The Morgan fingerprint density at radius 1 is 1.18 bits per heavy atom. The van der Waals surface area contributed by atoms with E-state index in [0.29, 0.717) is 16.9 Å². The van der Waals surface area contributed by atoms with Gasteiger partial charge in [-0.1, -0.05) is 30.4 Å². The Bertz CT molecular complexity index is 1380. The number of benzene rings is 1. The van der Waals surface area contributed by atoms with Gasteiger partial charge in [0.05, 0.1) is 28.7 Å². The number of anilines is 1. The zero-order chi connectivity index (χ0) is 24.2. The molecule has 0 saturated heterocycles. The number of carbonyl (C=O) groups excluding carboxylic acids is 2. The second-order valence-corrected chi connectivity index (χ2v) is 7.89. The van der Waals surface area contributed by atoms with Crippen molar-refractivity contribution >= 4 is 35.5 Å². The average molecular weight is 462 g/mol. The molecule has 0 fully saturated rings. The summed E-state index contributed by atoms with van der Waals surface area (Å²) in [7, 11) is 1.79. The molecular weight excluding hydrogens is 434 g/mol. The molecule has 34 heavy (non-hydrogen) atoms. The maximum absolute atomic E-state index is 12.5. The monoisotopic (exact) mass is 461 g/mol. The van der Waals surface area contributed by atoms with Crippen molar-refractivity contribution in [3.63, 3.8) is 0 Å². The van der Waals surface area contributed by atoms with Crippen molar-refractivity contribution in [3.8, 4) is 5.69 Å². The quantitative estimate of drug-likeness (QED) is 0.425. The number of nitrogens with two attached hydrogens (primary N) is 1. The van der Waals surface area contributed by atoms with Gasteiger partial charge in [-0.3, -0.25) is 10.1 Å². The van der Waals surface area contributed by atoms with E-state index in [4.69, 9.17) is 15.9 Å². The van der Waals surface area contributed by atoms with Gasteiger partial charge in [0.1, 0.15) is 5.82 Å². The lowest BCUT2D eigenvalue weighted by Crippen LogP contribution is -2.31. The van der Waals surface area contributed by atoms with Crippen LogP contribution in [0.2, 0.25) is 0 Å². The molecule has 10 nitrogen and oxygen atoms in total. The molecule has 3 amide bonds. The Kier molecular flexibility index (Phi) is 6.60. The molecule has 2 heterocycles. The molecule has 0 atom stereocenters. The number of hydrogen-bond donors (Lipinski definition) is 4. The van der Waals surface area contributed by atoms with E-state index >= 15 is 0 Å². The van der Waals surface area contributed by atoms with Crippen LogP contribution in [0.3, 0.4) is 0 Å². The Hall–Kier alpha value is -4.18. The van der Waals surface area contributed by atoms with E-state index in [2.05, 4.69) is 21.7 Å². The molecular formula is C24H27N7O3. The van der Waals surface area contributed by atoms with Gasteiger partial charge in [0, 0.05) is 24.7 Å². The first-order valence-electron chi connectivity index (χ1n) is 11.0. The number of carbonyl (C=O) groups is 2. The minimum atomic E-state index is -0.678. The molecule has 5 N–H and O–H groups in total. The van der Waals surface area contributed by atoms with E-state index in [1.807, 2.05) is 49.4 Å². The number of aliphatic hydroxyl groups excluding tert-OH is 1. The van der Waals surface area contributed by atoms with Crippen molar-refractivity contribution < 1.29 is 14.7 Å². The minimum Gasteiger partial charge on any atom is -0.395 e. The van der Waals surface area contributed by atoms with Crippen LogP contribution in [0, 0.1) is 6.92 Å². The Morgan fingerprint density at radius 3 is 2.62 bits per heavy atom. The van der Waals surface area contributed by atoms with Gasteiger partial charge >= 0.3 is 6.03 Å². The topological polar surface area (TPSA) is 140 Å². The van der Waals surface area contributed by atoms with Gasteiger partial charge in [0.25, 0.3) is 5.91 Å². The fourth-order valence-corrected chi connectivity index (χ4v) is 3.95. The van der Waals surface area contributed by atoms with E-state index in [-0.39, 0.29) is 24.9 Å². The van der Waals surface area contributed by atoms with E-state index in [1.54, 1.807) is 16.3 Å². The minimum absolute atomic E-state index is 0.147. The third kappa shape index (κ3) is 4.48. The molecule has 0 unspecified atom stereocenters. The Balaban J connectivity index is 1.85. The molecule has 0 radical (unpaired) electrons. The van der Waals surface area contributed by atoms with Crippen molar-refractivity contribution in [2.45, 2.75) is 19.8 Å². The maximum Gasteiger partial charge on any atom is 0.317 e. The number of nitrogens with zero attached hydrogens (tertiary/aromatic N) is 4. The zero-order valence-electron chi connectivity index (χ0n) is 19.1. The number of amides is 3. The molecule has 176 valence electrons. The second kappa shape index (κ2) is 9.75. The van der Waals surface area contributed by atoms with Crippen LogP contribution in [0.5, 0.6) is 0 Å². The van der Waals surface area contributed by atoms with Crippen LogP contribution in [0.25, 0.3) is 23.4 Å². The maximum atomic E-state index is 12.5. The largest absolute Gasteiger partial charge is 0.395 e. The molecule has 1 aliphatic rings. The Morgan fingerprint density at radius 2 is 1.91 bits per heavy atom. The number of fused-ring (bicyclic) bond motifs is 1. The number of hydrogen-bond acceptors (Lipinski definition) is 5. The lowest BCUT2D eigenvalue weighted by atomic mass is 10.0. The first kappa shape index (κ1) is 23.0. The molecule has 0 saturated carbocycles. The summed E-state index contributed by atoms with van der Waals surface area (Å²) in [6.07, 6.45) is 7.53. The second-order valence-electron chi connectivity index (χ2n) is 7.89. The number of rotatable bonds is 6. The van der Waals surface area contributed by atoms with Gasteiger partial charge in [0.15, 0.2) is 5.82 Å². The first-order chi connectivity index (χ1) is 16.4. The summed E-state index contributed by atoms with van der Waals surface area (Å²) in [6, 6.07) is 8.79. The highest BCUT2D eigenvalue weighted by Gasteiger charge is 2.20. The predicted octanol–water partition coefficient (Wildman–Crippen LogP) is 0.565. The summed E-state index contributed by atoms with van der Waals surface area (Å²) in [5.74, 6) is 0.393. The van der Waals surface area contributed by atoms with Crippen LogP contribution in [0.15, 0.2) is 36.4 Å². The van der Waals surface area contributed by atoms with Crippen molar-refractivity contribution in [2.75, 3.05) is 18.5 Å². The number of allylic oxidation sites excluding steroid dienone is 2. The molecule has 0 aliphatic heterocycles. The van der Waals surface area contributed by atoms with Crippen molar-refractivity contribution in [3.05, 3.63) is 64.2 Å². The summed E-state index contributed by atoms with van der Waals surface area (Å²) < 4.78 is 3.40. The smallest absolute Gasteiger partial charge is 0.317 e. The highest BCUT2D eigenvalue weighted by molar-refractivity contribution is 5.94. The summed E-state index contributed by atoms with van der Waals surface area (Å²) in [6.45, 7) is 1.88. The average Bonchev–Trinajstić information content (AvgIpc) is 3.28. The molecule has 3 aromatic rings. The fraction of sp³-hybridized carbons (Fsp3) is 0.250. The van der Waals surface area contributed by atoms with Crippen LogP contribution in [0.4, 0.5) is 10.6 Å². The molecule has 0 bridgehead atoms. The lowest BCUT2D eigenvalue weighted by molar-refractivity contribution is 0.0931. The van der Waals surface area contributed by atoms with Gasteiger partial charge in [-0.2, -0.15) is 5.10 Å².